The SMILES string of the molecule is Cc1c([N+](=O)[O-])cccc1S(=O)(=O)Nc1ccnn1C(C)C. The first-order chi connectivity index (χ1) is 10.2. The van der Waals surface area contributed by atoms with Crippen LogP contribution in [0, 0.1) is 17.0 Å². The van der Waals surface area contributed by atoms with Gasteiger partial charge >= 0.3 is 0 Å². The molecule has 1 aromatic heterocycles. The summed E-state index contributed by atoms with van der Waals surface area (Å²) in [6.45, 7) is 5.14. The summed E-state index contributed by atoms with van der Waals surface area (Å²) in [6, 6.07) is 5.45. The molecule has 0 radical (unpaired) electrons. The summed E-state index contributed by atoms with van der Waals surface area (Å²) in [5.74, 6) is 0.306. The number of nitrogens with zero attached hydrogens (tertiary/aromatic N) is 3. The molecule has 0 amide bonds. The zero-order chi connectivity index (χ0) is 16.5. The van der Waals surface area contributed by atoms with Crippen molar-refractivity contribution in [3.8, 4) is 0 Å². The van der Waals surface area contributed by atoms with Gasteiger partial charge in [0.1, 0.15) is 5.82 Å². The average molecular weight is 324 g/mol. The molecular weight excluding hydrogens is 308 g/mol. The molecule has 0 unspecified atom stereocenters. The van der Waals surface area contributed by atoms with Crippen LogP contribution in [0.15, 0.2) is 35.4 Å². The first-order valence-electron chi connectivity index (χ1n) is 6.54. The van der Waals surface area contributed by atoms with Crippen LogP contribution in [0.25, 0.3) is 0 Å². The number of aromatic nitrogens is 2. The third kappa shape index (κ3) is 2.93. The molecule has 0 saturated carbocycles. The quantitative estimate of drug-likeness (QED) is 0.671. The summed E-state index contributed by atoms with van der Waals surface area (Å²) in [4.78, 5) is 10.2. The highest BCUT2D eigenvalue weighted by Crippen LogP contribution is 2.26. The van der Waals surface area contributed by atoms with Gasteiger partial charge in [-0.3, -0.25) is 14.8 Å². The molecule has 1 aromatic carbocycles. The van der Waals surface area contributed by atoms with Crippen molar-refractivity contribution in [2.45, 2.75) is 31.7 Å². The minimum absolute atomic E-state index is 0.0288. The molecule has 118 valence electrons. The lowest BCUT2D eigenvalue weighted by molar-refractivity contribution is -0.385. The second kappa shape index (κ2) is 5.76. The first kappa shape index (κ1) is 16.0. The van der Waals surface area contributed by atoms with E-state index < -0.39 is 14.9 Å². The second-order valence-corrected chi connectivity index (χ2v) is 6.67. The molecule has 1 heterocycles. The third-order valence-corrected chi connectivity index (χ3v) is 4.64. The number of nitro benzene ring substituents is 1. The summed E-state index contributed by atoms with van der Waals surface area (Å²) >= 11 is 0. The predicted octanol–water partition coefficient (Wildman–Crippen LogP) is 2.48. The number of sulfonamides is 1. The molecule has 1 N–H and O–H groups in total. The summed E-state index contributed by atoms with van der Waals surface area (Å²) in [6.07, 6.45) is 1.48. The van der Waals surface area contributed by atoms with Gasteiger partial charge in [-0.25, -0.2) is 13.1 Å². The van der Waals surface area contributed by atoms with Crippen molar-refractivity contribution in [1.82, 2.24) is 9.78 Å². The molecular formula is C13H16N4O4S. The molecule has 0 fully saturated rings. The van der Waals surface area contributed by atoms with Crippen molar-refractivity contribution in [2.75, 3.05) is 4.72 Å². The van der Waals surface area contributed by atoms with Crippen LogP contribution in [-0.4, -0.2) is 23.1 Å². The van der Waals surface area contributed by atoms with Crippen LogP contribution in [0.5, 0.6) is 0 Å². The molecule has 8 nitrogen and oxygen atoms in total. The zero-order valence-corrected chi connectivity index (χ0v) is 13.2. The number of anilines is 1. The maximum atomic E-state index is 12.5. The minimum Gasteiger partial charge on any atom is -0.264 e. The summed E-state index contributed by atoms with van der Waals surface area (Å²) < 4.78 is 28.9. The Kier molecular flexibility index (Phi) is 4.18. The van der Waals surface area contributed by atoms with E-state index in [1.165, 1.54) is 42.1 Å². The van der Waals surface area contributed by atoms with Crippen LogP contribution in [0.4, 0.5) is 11.5 Å². The average Bonchev–Trinajstić information content (AvgIpc) is 2.85. The molecule has 0 aliphatic heterocycles. The highest BCUT2D eigenvalue weighted by Gasteiger charge is 2.24. The van der Waals surface area contributed by atoms with E-state index in [0.717, 1.165) is 0 Å². The lowest BCUT2D eigenvalue weighted by Crippen LogP contribution is -2.18. The Bertz CT molecular complexity index is 811. The molecule has 0 bridgehead atoms. The second-order valence-electron chi connectivity index (χ2n) is 5.02. The molecule has 22 heavy (non-hydrogen) atoms. The van der Waals surface area contributed by atoms with Gasteiger partial charge < -0.3 is 0 Å². The molecule has 0 aliphatic rings. The topological polar surface area (TPSA) is 107 Å². The smallest absolute Gasteiger partial charge is 0.264 e. The zero-order valence-electron chi connectivity index (χ0n) is 12.3. The Balaban J connectivity index is 2.46. The van der Waals surface area contributed by atoms with E-state index in [1.54, 1.807) is 0 Å². The Morgan fingerprint density at radius 2 is 2.00 bits per heavy atom. The molecule has 9 heteroatoms. The third-order valence-electron chi connectivity index (χ3n) is 3.14. The van der Waals surface area contributed by atoms with Gasteiger partial charge in [0.2, 0.25) is 0 Å². The van der Waals surface area contributed by atoms with E-state index >= 15 is 0 Å². The number of nitrogens with one attached hydrogen (secondary N) is 1. The van der Waals surface area contributed by atoms with Crippen molar-refractivity contribution in [2.24, 2.45) is 0 Å². The normalized spacial score (nSPS) is 11.6. The Hall–Kier alpha value is -2.42. The van der Waals surface area contributed by atoms with E-state index in [-0.39, 0.29) is 22.2 Å². The van der Waals surface area contributed by atoms with Crippen LogP contribution in [0.3, 0.4) is 0 Å². The van der Waals surface area contributed by atoms with Crippen molar-refractivity contribution in [1.29, 1.82) is 0 Å². The van der Waals surface area contributed by atoms with E-state index in [1.807, 2.05) is 13.8 Å². The van der Waals surface area contributed by atoms with Gasteiger partial charge in [0, 0.05) is 23.7 Å². The van der Waals surface area contributed by atoms with E-state index in [0.29, 0.717) is 5.82 Å². The van der Waals surface area contributed by atoms with Gasteiger partial charge in [-0.1, -0.05) is 6.07 Å². The fourth-order valence-corrected chi connectivity index (χ4v) is 3.40. The molecule has 2 aromatic rings. The van der Waals surface area contributed by atoms with Crippen molar-refractivity contribution < 1.29 is 13.3 Å². The Labute approximate surface area is 128 Å². The highest BCUT2D eigenvalue weighted by atomic mass is 32.2. The minimum atomic E-state index is -3.94. The molecule has 0 spiro atoms. The van der Waals surface area contributed by atoms with Gasteiger partial charge in [0.15, 0.2) is 0 Å². The van der Waals surface area contributed by atoms with Gasteiger partial charge in [0.05, 0.1) is 16.0 Å². The lowest BCUT2D eigenvalue weighted by atomic mass is 10.2. The number of hydrogen-bond acceptors (Lipinski definition) is 5. The van der Waals surface area contributed by atoms with Crippen molar-refractivity contribution in [3.63, 3.8) is 0 Å². The van der Waals surface area contributed by atoms with E-state index in [9.17, 15) is 18.5 Å². The lowest BCUT2D eigenvalue weighted by Gasteiger charge is -2.14. The van der Waals surface area contributed by atoms with E-state index in [2.05, 4.69) is 9.82 Å². The summed E-state index contributed by atoms with van der Waals surface area (Å²) in [5, 5.41) is 15.0. The molecule has 0 saturated heterocycles. The van der Waals surface area contributed by atoms with Crippen LogP contribution < -0.4 is 4.72 Å². The van der Waals surface area contributed by atoms with Gasteiger partial charge in [-0.2, -0.15) is 5.10 Å². The number of rotatable bonds is 5. The fraction of sp³-hybridized carbons (Fsp3) is 0.308. The molecule has 0 atom stereocenters. The largest absolute Gasteiger partial charge is 0.273 e. The Morgan fingerprint density at radius 3 is 2.59 bits per heavy atom. The highest BCUT2D eigenvalue weighted by molar-refractivity contribution is 7.92. The predicted molar refractivity (Wildman–Crippen MR) is 81.3 cm³/mol. The van der Waals surface area contributed by atoms with Crippen molar-refractivity contribution in [3.05, 3.63) is 46.1 Å². The molecule has 0 aliphatic carbocycles. The standard InChI is InChI=1S/C13H16N4O4S/c1-9(2)16-13(7-8-14-16)15-22(20,21)12-6-4-5-11(10(12)3)17(18)19/h4-9,15H,1-3H3. The van der Waals surface area contributed by atoms with Crippen LogP contribution in [0.1, 0.15) is 25.5 Å². The van der Waals surface area contributed by atoms with Crippen LogP contribution in [-0.2, 0) is 10.0 Å². The first-order valence-corrected chi connectivity index (χ1v) is 8.02. The summed E-state index contributed by atoms with van der Waals surface area (Å²) in [7, 11) is -3.94. The molecule has 2 rings (SSSR count). The fourth-order valence-electron chi connectivity index (χ4n) is 2.09. The maximum Gasteiger partial charge on any atom is 0.273 e. The monoisotopic (exact) mass is 324 g/mol. The number of nitro groups is 1. The van der Waals surface area contributed by atoms with Crippen LogP contribution >= 0.6 is 0 Å². The van der Waals surface area contributed by atoms with E-state index in [4.69, 9.17) is 0 Å². The van der Waals surface area contributed by atoms with Crippen LogP contribution in [0.2, 0.25) is 0 Å². The maximum absolute atomic E-state index is 12.5. The van der Waals surface area contributed by atoms with Gasteiger partial charge in [-0.05, 0) is 26.8 Å². The van der Waals surface area contributed by atoms with Gasteiger partial charge in [-0.15, -0.1) is 0 Å². The summed E-state index contributed by atoms with van der Waals surface area (Å²) in [5.41, 5.74) is -0.143. The van der Waals surface area contributed by atoms with Crippen molar-refractivity contribution >= 4 is 21.5 Å². The van der Waals surface area contributed by atoms with Gasteiger partial charge in [0.25, 0.3) is 15.7 Å². The number of benzene rings is 1. The Morgan fingerprint density at radius 1 is 1.32 bits per heavy atom. The number of hydrogen-bond donors (Lipinski definition) is 1.